The molecule has 1 fully saturated rings. The van der Waals surface area contributed by atoms with Crippen molar-refractivity contribution in [1.29, 1.82) is 0 Å². The second-order valence-electron chi connectivity index (χ2n) is 6.03. The van der Waals surface area contributed by atoms with Crippen LogP contribution in [0.3, 0.4) is 0 Å². The fourth-order valence-electron chi connectivity index (χ4n) is 2.63. The number of carbonyl (C=O) groups excluding carboxylic acids is 1. The lowest BCUT2D eigenvalue weighted by Crippen LogP contribution is -2.46. The summed E-state index contributed by atoms with van der Waals surface area (Å²) in [6.07, 6.45) is 1.15. The molecule has 0 aromatic carbocycles. The van der Waals surface area contributed by atoms with Gasteiger partial charge in [0, 0.05) is 24.4 Å². The molecule has 3 heteroatoms. The molecule has 0 aromatic rings. The molecule has 0 N–H and O–H groups in total. The Morgan fingerprint density at radius 3 is 2.47 bits per heavy atom. The predicted molar refractivity (Wildman–Crippen MR) is 72.1 cm³/mol. The topological polar surface area (TPSA) is 23.6 Å². The molecular weight excluding hydrogens is 212 g/mol. The lowest BCUT2D eigenvalue weighted by Gasteiger charge is -2.37. The van der Waals surface area contributed by atoms with Gasteiger partial charge < -0.3 is 9.80 Å². The highest BCUT2D eigenvalue weighted by molar-refractivity contribution is 5.84. The van der Waals surface area contributed by atoms with Gasteiger partial charge in [0.05, 0.1) is 0 Å². The average Bonchev–Trinajstić information content (AvgIpc) is 2.29. The van der Waals surface area contributed by atoms with Crippen LogP contribution in [0.25, 0.3) is 0 Å². The second-order valence-corrected chi connectivity index (χ2v) is 6.03. The molecule has 4 unspecified atom stereocenters. The first-order valence-electron chi connectivity index (χ1n) is 6.73. The van der Waals surface area contributed by atoms with Crippen molar-refractivity contribution in [2.75, 3.05) is 34.2 Å². The Morgan fingerprint density at radius 2 is 1.94 bits per heavy atom. The third kappa shape index (κ3) is 3.52. The van der Waals surface area contributed by atoms with Crippen LogP contribution < -0.4 is 0 Å². The van der Waals surface area contributed by atoms with Gasteiger partial charge in [-0.25, -0.2) is 0 Å². The van der Waals surface area contributed by atoms with Crippen LogP contribution in [-0.2, 0) is 4.79 Å². The fraction of sp³-hybridized carbons (Fsp3) is 0.929. The van der Waals surface area contributed by atoms with E-state index in [2.05, 4.69) is 37.6 Å². The Bertz CT molecular complexity index is 265. The maximum absolute atomic E-state index is 12.5. The maximum atomic E-state index is 12.5. The van der Waals surface area contributed by atoms with Crippen LogP contribution in [-0.4, -0.2) is 55.9 Å². The zero-order chi connectivity index (χ0) is 13.2. The van der Waals surface area contributed by atoms with Crippen molar-refractivity contribution in [3.05, 3.63) is 0 Å². The number of Topliss-reactive ketones (excluding diaryl/α,β-unsaturated/α-hetero) is 1. The van der Waals surface area contributed by atoms with Gasteiger partial charge in [-0.2, -0.15) is 0 Å². The second kappa shape index (κ2) is 5.96. The van der Waals surface area contributed by atoms with Gasteiger partial charge in [0.15, 0.2) is 0 Å². The number of carbonyl (C=O) groups is 1. The molecule has 0 spiro atoms. The van der Waals surface area contributed by atoms with Crippen molar-refractivity contribution in [3.63, 3.8) is 0 Å². The first-order valence-corrected chi connectivity index (χ1v) is 6.73. The number of ketones is 1. The summed E-state index contributed by atoms with van der Waals surface area (Å²) < 4.78 is 0. The summed E-state index contributed by atoms with van der Waals surface area (Å²) in [6.45, 7) is 8.50. The molecule has 0 aliphatic carbocycles. The van der Waals surface area contributed by atoms with Gasteiger partial charge in [0.1, 0.15) is 5.78 Å². The van der Waals surface area contributed by atoms with Gasteiger partial charge in [0.2, 0.25) is 0 Å². The Kier molecular flexibility index (Phi) is 5.14. The summed E-state index contributed by atoms with van der Waals surface area (Å²) in [7, 11) is 6.21. The van der Waals surface area contributed by atoms with Crippen molar-refractivity contribution in [2.24, 2.45) is 17.8 Å². The van der Waals surface area contributed by atoms with Crippen molar-refractivity contribution in [1.82, 2.24) is 9.80 Å². The third-order valence-corrected chi connectivity index (χ3v) is 4.51. The summed E-state index contributed by atoms with van der Waals surface area (Å²) in [5, 5.41) is 0. The van der Waals surface area contributed by atoms with Crippen LogP contribution in [0.2, 0.25) is 0 Å². The number of rotatable bonds is 4. The SMILES string of the molecule is CC1CCN(C)CC1C(=O)C(C)C(C)N(C)C. The normalized spacial score (nSPS) is 30.3. The lowest BCUT2D eigenvalue weighted by atomic mass is 9.78. The highest BCUT2D eigenvalue weighted by Gasteiger charge is 2.34. The number of hydrogen-bond acceptors (Lipinski definition) is 3. The van der Waals surface area contributed by atoms with Crippen LogP contribution in [0.5, 0.6) is 0 Å². The molecule has 1 aliphatic rings. The van der Waals surface area contributed by atoms with E-state index in [0.29, 0.717) is 17.7 Å². The molecule has 17 heavy (non-hydrogen) atoms. The van der Waals surface area contributed by atoms with Gasteiger partial charge >= 0.3 is 0 Å². The van der Waals surface area contributed by atoms with Crippen molar-refractivity contribution in [2.45, 2.75) is 33.2 Å². The Morgan fingerprint density at radius 1 is 1.35 bits per heavy atom. The zero-order valence-corrected chi connectivity index (χ0v) is 12.2. The molecule has 1 saturated heterocycles. The van der Waals surface area contributed by atoms with Crippen molar-refractivity contribution in [3.8, 4) is 0 Å². The molecular formula is C14H28N2O. The minimum absolute atomic E-state index is 0.129. The fourth-order valence-corrected chi connectivity index (χ4v) is 2.63. The Balaban J connectivity index is 2.67. The molecule has 4 atom stereocenters. The molecule has 1 aliphatic heterocycles. The minimum atomic E-state index is 0.129. The lowest BCUT2D eigenvalue weighted by molar-refractivity contribution is -0.131. The molecule has 3 nitrogen and oxygen atoms in total. The molecule has 1 heterocycles. The largest absolute Gasteiger partial charge is 0.306 e. The van der Waals surface area contributed by atoms with Crippen LogP contribution in [0.4, 0.5) is 0 Å². The van der Waals surface area contributed by atoms with E-state index in [1.165, 1.54) is 0 Å². The molecule has 0 saturated carbocycles. The molecule has 100 valence electrons. The summed E-state index contributed by atoms with van der Waals surface area (Å²) >= 11 is 0. The monoisotopic (exact) mass is 240 g/mol. The molecule has 0 amide bonds. The summed E-state index contributed by atoms with van der Waals surface area (Å²) in [6, 6.07) is 0.321. The van der Waals surface area contributed by atoms with Crippen LogP contribution >= 0.6 is 0 Å². The van der Waals surface area contributed by atoms with E-state index in [1.807, 2.05) is 14.1 Å². The highest BCUT2D eigenvalue weighted by atomic mass is 16.1. The van der Waals surface area contributed by atoms with E-state index < -0.39 is 0 Å². The third-order valence-electron chi connectivity index (χ3n) is 4.51. The number of piperidine rings is 1. The summed E-state index contributed by atoms with van der Waals surface area (Å²) in [5.41, 5.74) is 0. The maximum Gasteiger partial charge on any atom is 0.141 e. The molecule has 0 radical (unpaired) electrons. The van der Waals surface area contributed by atoms with Gasteiger partial charge in [-0.05, 0) is 47.0 Å². The van der Waals surface area contributed by atoms with Gasteiger partial charge in [0.25, 0.3) is 0 Å². The van der Waals surface area contributed by atoms with Gasteiger partial charge in [-0.1, -0.05) is 13.8 Å². The number of likely N-dealkylation sites (tertiary alicyclic amines) is 1. The molecule has 0 bridgehead atoms. The van der Waals surface area contributed by atoms with Gasteiger partial charge in [-0.3, -0.25) is 4.79 Å². The quantitative estimate of drug-likeness (QED) is 0.748. The smallest absolute Gasteiger partial charge is 0.141 e. The van der Waals surface area contributed by atoms with E-state index >= 15 is 0 Å². The van der Waals surface area contributed by atoms with E-state index in [1.54, 1.807) is 0 Å². The first kappa shape index (κ1) is 14.7. The van der Waals surface area contributed by atoms with Crippen molar-refractivity contribution < 1.29 is 4.79 Å². The van der Waals surface area contributed by atoms with E-state index in [0.717, 1.165) is 19.5 Å². The predicted octanol–water partition coefficient (Wildman–Crippen LogP) is 1.73. The van der Waals surface area contributed by atoms with E-state index in [9.17, 15) is 4.79 Å². The Labute approximate surface area is 106 Å². The van der Waals surface area contributed by atoms with Crippen LogP contribution in [0.1, 0.15) is 27.2 Å². The first-order chi connectivity index (χ1) is 7.84. The zero-order valence-electron chi connectivity index (χ0n) is 12.2. The average molecular weight is 240 g/mol. The Hall–Kier alpha value is -0.410. The van der Waals surface area contributed by atoms with Crippen LogP contribution in [0.15, 0.2) is 0 Å². The van der Waals surface area contributed by atoms with E-state index in [4.69, 9.17) is 0 Å². The van der Waals surface area contributed by atoms with E-state index in [-0.39, 0.29) is 11.8 Å². The van der Waals surface area contributed by atoms with Crippen molar-refractivity contribution >= 4 is 5.78 Å². The van der Waals surface area contributed by atoms with Crippen LogP contribution in [0, 0.1) is 17.8 Å². The summed E-state index contributed by atoms with van der Waals surface area (Å²) in [4.78, 5) is 17.0. The summed E-state index contributed by atoms with van der Waals surface area (Å²) in [5.74, 6) is 1.34. The number of hydrogen-bond donors (Lipinski definition) is 0. The molecule has 1 rings (SSSR count). The number of nitrogens with zero attached hydrogens (tertiary/aromatic N) is 2. The highest BCUT2D eigenvalue weighted by Crippen LogP contribution is 2.27. The molecule has 0 aromatic heterocycles. The van der Waals surface area contributed by atoms with Gasteiger partial charge in [-0.15, -0.1) is 0 Å². The minimum Gasteiger partial charge on any atom is -0.306 e. The standard InChI is InChI=1S/C14H28N2O/c1-10-7-8-16(6)9-13(10)14(17)11(2)12(3)15(4)5/h10-13H,7-9H2,1-6H3.